The van der Waals surface area contributed by atoms with Crippen LogP contribution in [-0.2, 0) is 14.3 Å². The van der Waals surface area contributed by atoms with Gasteiger partial charge < -0.3 is 19.3 Å². The largest absolute Gasteiger partial charge is 0.378 e. The van der Waals surface area contributed by atoms with E-state index in [1.807, 2.05) is 30.3 Å². The zero-order chi connectivity index (χ0) is 20.9. The Labute approximate surface area is 176 Å². The zero-order valence-electron chi connectivity index (χ0n) is 17.3. The summed E-state index contributed by atoms with van der Waals surface area (Å²) >= 11 is 0. The number of anilines is 1. The lowest BCUT2D eigenvalue weighted by Crippen LogP contribution is -2.45. The summed E-state index contributed by atoms with van der Waals surface area (Å²) in [4.78, 5) is 29.8. The minimum absolute atomic E-state index is 0.0774. The molecule has 0 bridgehead atoms. The lowest BCUT2D eigenvalue weighted by molar-refractivity contribution is -0.144. The Kier molecular flexibility index (Phi) is 6.44. The number of piperidine rings is 1. The Morgan fingerprint density at radius 3 is 2.67 bits per heavy atom. The molecule has 2 atom stereocenters. The second-order valence-corrected chi connectivity index (χ2v) is 7.70. The molecule has 2 saturated heterocycles. The maximum Gasteiger partial charge on any atom is 0.269 e. The molecular formula is C22H28N4O4. The first kappa shape index (κ1) is 20.6. The van der Waals surface area contributed by atoms with E-state index in [4.69, 9.17) is 9.47 Å². The maximum atomic E-state index is 13.1. The maximum absolute atomic E-state index is 13.1. The van der Waals surface area contributed by atoms with Crippen LogP contribution >= 0.6 is 0 Å². The summed E-state index contributed by atoms with van der Waals surface area (Å²) in [5, 5.41) is 4.45. The monoisotopic (exact) mass is 412 g/mol. The molecule has 0 saturated carbocycles. The van der Waals surface area contributed by atoms with Crippen LogP contribution in [0.2, 0.25) is 0 Å². The molecule has 0 radical (unpaired) electrons. The number of benzene rings is 1. The standard InChI is InChI=1S/C22H28N4O4/c1-29-21(17-6-3-2-4-7-17)22(28)25-9-5-8-18(16-25)26-20(27)14-19(15-23-26)24-10-12-30-13-11-24/h2-4,6-7,14-15,18,21H,5,8-13,16H2,1H3/t18-,21+/m0/s1. The van der Waals surface area contributed by atoms with E-state index < -0.39 is 6.10 Å². The predicted molar refractivity (Wildman–Crippen MR) is 113 cm³/mol. The van der Waals surface area contributed by atoms with Gasteiger partial charge in [0.15, 0.2) is 6.10 Å². The van der Waals surface area contributed by atoms with Crippen molar-refractivity contribution in [3.8, 4) is 0 Å². The highest BCUT2D eigenvalue weighted by atomic mass is 16.5. The Balaban J connectivity index is 1.48. The molecule has 2 aliphatic rings. The molecule has 2 aliphatic heterocycles. The summed E-state index contributed by atoms with van der Waals surface area (Å²) < 4.78 is 12.4. The molecule has 160 valence electrons. The number of nitrogens with zero attached hydrogens (tertiary/aromatic N) is 4. The molecule has 0 spiro atoms. The summed E-state index contributed by atoms with van der Waals surface area (Å²) in [6.45, 7) is 3.94. The van der Waals surface area contributed by atoms with Crippen LogP contribution in [0.4, 0.5) is 5.69 Å². The van der Waals surface area contributed by atoms with E-state index in [0.29, 0.717) is 26.3 Å². The van der Waals surface area contributed by atoms with Gasteiger partial charge in [0.05, 0.1) is 31.1 Å². The lowest BCUT2D eigenvalue weighted by Gasteiger charge is -2.35. The highest BCUT2D eigenvalue weighted by Gasteiger charge is 2.31. The molecule has 0 N–H and O–H groups in total. The van der Waals surface area contributed by atoms with Crippen molar-refractivity contribution in [1.82, 2.24) is 14.7 Å². The molecule has 30 heavy (non-hydrogen) atoms. The van der Waals surface area contributed by atoms with Crippen molar-refractivity contribution in [3.63, 3.8) is 0 Å². The number of amides is 1. The van der Waals surface area contributed by atoms with E-state index in [0.717, 1.165) is 37.2 Å². The van der Waals surface area contributed by atoms with Crippen LogP contribution < -0.4 is 10.5 Å². The molecule has 4 rings (SSSR count). The first-order chi connectivity index (χ1) is 14.7. The molecule has 1 aromatic carbocycles. The van der Waals surface area contributed by atoms with Gasteiger partial charge in [-0.15, -0.1) is 0 Å². The van der Waals surface area contributed by atoms with Gasteiger partial charge in [-0.05, 0) is 18.4 Å². The summed E-state index contributed by atoms with van der Waals surface area (Å²) in [7, 11) is 1.55. The third-order valence-corrected chi connectivity index (χ3v) is 5.80. The van der Waals surface area contributed by atoms with E-state index in [2.05, 4.69) is 10.00 Å². The first-order valence-electron chi connectivity index (χ1n) is 10.5. The van der Waals surface area contributed by atoms with Crippen LogP contribution in [-0.4, -0.2) is 67.1 Å². The highest BCUT2D eigenvalue weighted by molar-refractivity contribution is 5.82. The van der Waals surface area contributed by atoms with Crippen LogP contribution in [0, 0.1) is 0 Å². The van der Waals surface area contributed by atoms with Gasteiger partial charge in [-0.25, -0.2) is 4.68 Å². The van der Waals surface area contributed by atoms with Gasteiger partial charge in [-0.2, -0.15) is 5.10 Å². The molecule has 1 amide bonds. The second-order valence-electron chi connectivity index (χ2n) is 7.70. The number of rotatable bonds is 5. The highest BCUT2D eigenvalue weighted by Crippen LogP contribution is 2.25. The van der Waals surface area contributed by atoms with Crippen LogP contribution in [0.1, 0.15) is 30.6 Å². The molecule has 8 nitrogen and oxygen atoms in total. The summed E-state index contributed by atoms with van der Waals surface area (Å²) in [5.74, 6) is -0.0774. The fraction of sp³-hybridized carbons (Fsp3) is 0.500. The summed E-state index contributed by atoms with van der Waals surface area (Å²) in [5.41, 5.74) is 1.52. The fourth-order valence-corrected chi connectivity index (χ4v) is 4.20. The third kappa shape index (κ3) is 4.39. The van der Waals surface area contributed by atoms with E-state index in [9.17, 15) is 9.59 Å². The number of hydrogen-bond donors (Lipinski definition) is 0. The normalized spacial score (nSPS) is 20.8. The number of morpholine rings is 1. The minimum atomic E-state index is -0.640. The lowest BCUT2D eigenvalue weighted by atomic mass is 10.0. The van der Waals surface area contributed by atoms with Gasteiger partial charge in [0.1, 0.15) is 0 Å². The molecule has 8 heteroatoms. The molecule has 3 heterocycles. The van der Waals surface area contributed by atoms with Gasteiger partial charge in [0.25, 0.3) is 11.5 Å². The summed E-state index contributed by atoms with van der Waals surface area (Å²) in [6, 6.07) is 11.0. The number of carbonyl (C=O) groups excluding carboxylic acids is 1. The molecule has 0 unspecified atom stereocenters. The van der Waals surface area contributed by atoms with Crippen molar-refractivity contribution in [2.45, 2.75) is 25.0 Å². The Bertz CT molecular complexity index is 911. The third-order valence-electron chi connectivity index (χ3n) is 5.80. The van der Waals surface area contributed by atoms with Crippen LogP contribution in [0.5, 0.6) is 0 Å². The molecule has 2 fully saturated rings. The number of hydrogen-bond acceptors (Lipinski definition) is 6. The van der Waals surface area contributed by atoms with Crippen LogP contribution in [0.15, 0.2) is 47.4 Å². The predicted octanol–water partition coefficient (Wildman–Crippen LogP) is 1.63. The van der Waals surface area contributed by atoms with Crippen LogP contribution in [0.3, 0.4) is 0 Å². The average molecular weight is 412 g/mol. The minimum Gasteiger partial charge on any atom is -0.378 e. The van der Waals surface area contributed by atoms with E-state index in [-0.39, 0.29) is 17.5 Å². The molecule has 2 aromatic rings. The van der Waals surface area contributed by atoms with Gasteiger partial charge >= 0.3 is 0 Å². The van der Waals surface area contributed by atoms with Crippen LogP contribution in [0.25, 0.3) is 0 Å². The number of ether oxygens (including phenoxy) is 2. The smallest absolute Gasteiger partial charge is 0.269 e. The van der Waals surface area contributed by atoms with Crippen molar-refractivity contribution in [3.05, 3.63) is 58.5 Å². The van der Waals surface area contributed by atoms with Crippen molar-refractivity contribution in [1.29, 1.82) is 0 Å². The Morgan fingerprint density at radius 1 is 1.20 bits per heavy atom. The SMILES string of the molecule is CO[C@@H](C(=O)N1CCC[C@H](n2ncc(N3CCOCC3)cc2=O)C1)c1ccccc1. The quantitative estimate of drug-likeness (QED) is 0.743. The van der Waals surface area contributed by atoms with Gasteiger partial charge in [-0.3, -0.25) is 9.59 Å². The van der Waals surface area contributed by atoms with Crippen molar-refractivity contribution < 1.29 is 14.3 Å². The fourth-order valence-electron chi connectivity index (χ4n) is 4.20. The number of likely N-dealkylation sites (tertiary alicyclic amines) is 1. The van der Waals surface area contributed by atoms with Crippen molar-refractivity contribution in [2.75, 3.05) is 51.4 Å². The van der Waals surface area contributed by atoms with E-state index >= 15 is 0 Å². The van der Waals surface area contributed by atoms with E-state index in [1.54, 1.807) is 24.3 Å². The number of carbonyl (C=O) groups is 1. The number of aromatic nitrogens is 2. The van der Waals surface area contributed by atoms with Gasteiger partial charge in [0.2, 0.25) is 0 Å². The molecule has 1 aromatic heterocycles. The first-order valence-corrected chi connectivity index (χ1v) is 10.5. The Hall–Kier alpha value is -2.71. The van der Waals surface area contributed by atoms with E-state index in [1.165, 1.54) is 4.68 Å². The molecule has 0 aliphatic carbocycles. The van der Waals surface area contributed by atoms with Gasteiger partial charge in [0, 0.05) is 39.4 Å². The molecular weight excluding hydrogens is 384 g/mol. The van der Waals surface area contributed by atoms with Crippen molar-refractivity contribution >= 4 is 11.6 Å². The zero-order valence-corrected chi connectivity index (χ0v) is 17.3. The average Bonchev–Trinajstić information content (AvgIpc) is 2.81. The number of methoxy groups -OCH3 is 1. The topological polar surface area (TPSA) is 76.9 Å². The summed E-state index contributed by atoms with van der Waals surface area (Å²) in [6.07, 6.45) is 2.74. The van der Waals surface area contributed by atoms with Crippen molar-refractivity contribution in [2.24, 2.45) is 0 Å². The second kappa shape index (κ2) is 9.40. The van der Waals surface area contributed by atoms with Gasteiger partial charge in [-0.1, -0.05) is 30.3 Å². The Morgan fingerprint density at radius 2 is 1.97 bits per heavy atom.